The Morgan fingerprint density at radius 1 is 0.962 bits per heavy atom. The molecule has 0 bridgehead atoms. The van der Waals surface area contributed by atoms with Gasteiger partial charge in [0.1, 0.15) is 0 Å². The van der Waals surface area contributed by atoms with Gasteiger partial charge < -0.3 is 4.57 Å². The SMILES string of the molecule is O=C(CP(=O)(c1ccccc1)c1ccccc1)N/N=C/c1cccnc1. The average molecular weight is 363 g/mol. The molecule has 0 atom stereocenters. The molecule has 1 aromatic heterocycles. The number of aromatic nitrogens is 1. The molecule has 1 N–H and O–H groups in total. The smallest absolute Gasteiger partial charge is 0.248 e. The first-order valence-corrected chi connectivity index (χ1v) is 10.00. The van der Waals surface area contributed by atoms with Crippen molar-refractivity contribution >= 4 is 29.9 Å². The lowest BCUT2D eigenvalue weighted by molar-refractivity contribution is -0.118. The summed E-state index contributed by atoms with van der Waals surface area (Å²) in [5.74, 6) is -0.402. The number of benzene rings is 2. The van der Waals surface area contributed by atoms with E-state index in [0.717, 1.165) is 5.56 Å². The normalized spacial score (nSPS) is 11.4. The van der Waals surface area contributed by atoms with Crippen LogP contribution in [0, 0.1) is 0 Å². The van der Waals surface area contributed by atoms with Gasteiger partial charge in [-0.2, -0.15) is 5.10 Å². The molecule has 6 heteroatoms. The van der Waals surface area contributed by atoms with Gasteiger partial charge in [0, 0.05) is 28.6 Å². The maximum Gasteiger partial charge on any atom is 0.248 e. The third kappa shape index (κ3) is 4.32. The van der Waals surface area contributed by atoms with Crippen LogP contribution in [-0.4, -0.2) is 23.3 Å². The minimum Gasteiger partial charge on any atom is -0.313 e. The Balaban J connectivity index is 1.79. The summed E-state index contributed by atoms with van der Waals surface area (Å²) in [7, 11) is -3.09. The Morgan fingerprint density at radius 3 is 2.12 bits per heavy atom. The van der Waals surface area contributed by atoms with E-state index in [1.54, 1.807) is 42.7 Å². The summed E-state index contributed by atoms with van der Waals surface area (Å²) in [5, 5.41) is 5.23. The number of nitrogens with one attached hydrogen (secondary N) is 1. The summed E-state index contributed by atoms with van der Waals surface area (Å²) in [5.41, 5.74) is 3.22. The molecule has 130 valence electrons. The molecule has 0 radical (unpaired) electrons. The fourth-order valence-electron chi connectivity index (χ4n) is 2.54. The van der Waals surface area contributed by atoms with E-state index >= 15 is 0 Å². The minimum atomic E-state index is -3.09. The van der Waals surface area contributed by atoms with Crippen molar-refractivity contribution in [1.29, 1.82) is 0 Å². The Morgan fingerprint density at radius 2 is 1.58 bits per heavy atom. The second kappa shape index (κ2) is 8.37. The molecule has 2 aromatic carbocycles. The lowest BCUT2D eigenvalue weighted by Gasteiger charge is -2.18. The van der Waals surface area contributed by atoms with Crippen LogP contribution in [-0.2, 0) is 9.36 Å². The standard InChI is InChI=1S/C20H18N3O2P/c24-20(23-22-15-17-8-7-13-21-14-17)16-26(25,18-9-3-1-4-10-18)19-11-5-2-6-12-19/h1-15H,16H2,(H,23,24)/b22-15+. The molecular weight excluding hydrogens is 345 g/mol. The van der Waals surface area contributed by atoms with Gasteiger partial charge in [-0.25, -0.2) is 5.43 Å². The van der Waals surface area contributed by atoms with E-state index in [1.165, 1.54) is 6.21 Å². The van der Waals surface area contributed by atoms with Gasteiger partial charge >= 0.3 is 0 Å². The molecule has 0 spiro atoms. The van der Waals surface area contributed by atoms with E-state index in [-0.39, 0.29) is 6.16 Å². The molecule has 3 rings (SSSR count). The van der Waals surface area contributed by atoms with Crippen molar-refractivity contribution in [2.45, 2.75) is 0 Å². The fraction of sp³-hybridized carbons (Fsp3) is 0.0500. The summed E-state index contributed by atoms with van der Waals surface area (Å²) >= 11 is 0. The first kappa shape index (κ1) is 17.8. The van der Waals surface area contributed by atoms with E-state index in [1.807, 2.05) is 42.5 Å². The third-order valence-electron chi connectivity index (χ3n) is 3.80. The molecule has 1 amide bonds. The van der Waals surface area contributed by atoms with Gasteiger partial charge in [0.15, 0.2) is 7.14 Å². The van der Waals surface area contributed by atoms with Gasteiger partial charge in [0.05, 0.1) is 12.4 Å². The number of rotatable bonds is 6. The number of carbonyl (C=O) groups is 1. The molecule has 0 fully saturated rings. The first-order valence-electron chi connectivity index (χ1n) is 8.11. The Hall–Kier alpha value is -3.04. The summed E-state index contributed by atoms with van der Waals surface area (Å²) in [6.07, 6.45) is 4.65. The van der Waals surface area contributed by atoms with Gasteiger partial charge in [-0.05, 0) is 6.07 Å². The number of carbonyl (C=O) groups excluding carboxylic acids is 1. The Labute approximate surface area is 152 Å². The van der Waals surface area contributed by atoms with Crippen molar-refractivity contribution in [1.82, 2.24) is 10.4 Å². The third-order valence-corrected chi connectivity index (χ3v) is 6.80. The fourth-order valence-corrected chi connectivity index (χ4v) is 4.98. The second-order valence-corrected chi connectivity index (χ2v) is 8.48. The zero-order valence-corrected chi connectivity index (χ0v) is 14.9. The monoisotopic (exact) mass is 363 g/mol. The van der Waals surface area contributed by atoms with Crippen molar-refractivity contribution in [2.75, 3.05) is 6.16 Å². The van der Waals surface area contributed by atoms with Crippen LogP contribution in [0.1, 0.15) is 5.56 Å². The van der Waals surface area contributed by atoms with Crippen LogP contribution in [0.15, 0.2) is 90.3 Å². The highest BCUT2D eigenvalue weighted by Crippen LogP contribution is 2.42. The average Bonchev–Trinajstić information content (AvgIpc) is 2.70. The maximum absolute atomic E-state index is 13.7. The number of nitrogens with zero attached hydrogens (tertiary/aromatic N) is 2. The molecule has 3 aromatic rings. The van der Waals surface area contributed by atoms with Gasteiger partial charge in [-0.3, -0.25) is 9.78 Å². The Kier molecular flexibility index (Phi) is 5.72. The van der Waals surface area contributed by atoms with E-state index in [9.17, 15) is 9.36 Å². The van der Waals surface area contributed by atoms with Crippen LogP contribution in [0.2, 0.25) is 0 Å². The topological polar surface area (TPSA) is 71.4 Å². The highest BCUT2D eigenvalue weighted by atomic mass is 31.2. The lowest BCUT2D eigenvalue weighted by atomic mass is 10.3. The first-order chi connectivity index (χ1) is 12.7. The highest BCUT2D eigenvalue weighted by molar-refractivity contribution is 7.79. The molecule has 0 saturated heterocycles. The predicted octanol–water partition coefficient (Wildman–Crippen LogP) is 2.55. The molecule has 0 unspecified atom stereocenters. The molecule has 0 aliphatic rings. The van der Waals surface area contributed by atoms with Crippen molar-refractivity contribution in [2.24, 2.45) is 5.10 Å². The van der Waals surface area contributed by atoms with E-state index in [2.05, 4.69) is 15.5 Å². The van der Waals surface area contributed by atoms with Gasteiger partial charge in [-0.15, -0.1) is 0 Å². The Bertz CT molecular complexity index is 886. The molecular formula is C20H18N3O2P. The molecule has 1 heterocycles. The molecule has 0 aliphatic heterocycles. The van der Waals surface area contributed by atoms with Gasteiger partial charge in [-0.1, -0.05) is 66.7 Å². The number of pyridine rings is 1. The summed E-state index contributed by atoms with van der Waals surface area (Å²) < 4.78 is 13.7. The summed E-state index contributed by atoms with van der Waals surface area (Å²) in [4.78, 5) is 16.4. The van der Waals surface area contributed by atoms with E-state index < -0.39 is 13.0 Å². The van der Waals surface area contributed by atoms with Crippen LogP contribution in [0.25, 0.3) is 0 Å². The van der Waals surface area contributed by atoms with Crippen LogP contribution in [0.5, 0.6) is 0 Å². The number of hydrogen-bond donors (Lipinski definition) is 1. The van der Waals surface area contributed by atoms with Crippen molar-refractivity contribution in [3.05, 3.63) is 90.8 Å². The highest BCUT2D eigenvalue weighted by Gasteiger charge is 2.30. The minimum absolute atomic E-state index is 0.147. The molecule has 5 nitrogen and oxygen atoms in total. The maximum atomic E-state index is 13.7. The van der Waals surface area contributed by atoms with E-state index in [4.69, 9.17) is 0 Å². The number of hydrogen-bond acceptors (Lipinski definition) is 4. The molecule has 0 saturated carbocycles. The van der Waals surface area contributed by atoms with Crippen molar-refractivity contribution in [3.63, 3.8) is 0 Å². The van der Waals surface area contributed by atoms with Crippen LogP contribution >= 0.6 is 7.14 Å². The molecule has 0 aliphatic carbocycles. The largest absolute Gasteiger partial charge is 0.313 e. The van der Waals surface area contributed by atoms with Crippen molar-refractivity contribution in [3.8, 4) is 0 Å². The second-order valence-electron chi connectivity index (χ2n) is 5.65. The summed E-state index contributed by atoms with van der Waals surface area (Å²) in [6, 6.07) is 21.8. The van der Waals surface area contributed by atoms with Crippen LogP contribution in [0.4, 0.5) is 0 Å². The van der Waals surface area contributed by atoms with Crippen molar-refractivity contribution < 1.29 is 9.36 Å². The molecule has 26 heavy (non-hydrogen) atoms. The lowest BCUT2D eigenvalue weighted by Crippen LogP contribution is -2.28. The van der Waals surface area contributed by atoms with E-state index in [0.29, 0.717) is 10.6 Å². The quantitative estimate of drug-likeness (QED) is 0.416. The zero-order chi connectivity index (χ0) is 18.2. The summed E-state index contributed by atoms with van der Waals surface area (Å²) in [6.45, 7) is 0. The van der Waals surface area contributed by atoms with Gasteiger partial charge in [0.2, 0.25) is 5.91 Å². The number of hydrazone groups is 1. The van der Waals surface area contributed by atoms with Crippen LogP contribution in [0.3, 0.4) is 0 Å². The zero-order valence-electron chi connectivity index (χ0n) is 14.0. The van der Waals surface area contributed by atoms with Gasteiger partial charge in [0.25, 0.3) is 0 Å². The number of amides is 1. The predicted molar refractivity (Wildman–Crippen MR) is 105 cm³/mol. The van der Waals surface area contributed by atoms with Crippen LogP contribution < -0.4 is 16.0 Å².